The van der Waals surface area contributed by atoms with Gasteiger partial charge in [0.2, 0.25) is 15.0 Å². The van der Waals surface area contributed by atoms with Gasteiger partial charge in [-0.1, -0.05) is 42.1 Å². The van der Waals surface area contributed by atoms with Crippen molar-refractivity contribution in [2.24, 2.45) is 0 Å². The van der Waals surface area contributed by atoms with Crippen molar-refractivity contribution in [2.75, 3.05) is 0 Å². The summed E-state index contributed by atoms with van der Waals surface area (Å²) in [6, 6.07) is 11.3. The molecule has 0 spiro atoms. The fraction of sp³-hybridized carbons (Fsp3) is 0.235. The summed E-state index contributed by atoms with van der Waals surface area (Å²) < 4.78 is 49.8. The summed E-state index contributed by atoms with van der Waals surface area (Å²) in [5.41, 5.74) is 3.74. The molecular weight excluding hydrogens is 394 g/mol. The number of aryl methyl sites for hydroxylation is 2. The van der Waals surface area contributed by atoms with E-state index in [9.17, 15) is 17.2 Å². The molecule has 0 bridgehead atoms. The molecule has 0 saturated carbocycles. The molecule has 0 atom stereocenters. The molecule has 142 valence electrons. The third-order valence-corrected chi connectivity index (χ3v) is 6.34. The standard InChI is InChI=1S/C17H16F2N4O2S2/c1-11-4-3-5-12(2)15(11)23-17(20-21-22-23)26-10-13-6-8-14(9-7-13)27(24,25)16(18)19/h3-9,16H,10H2,1-2H3. The van der Waals surface area contributed by atoms with Crippen LogP contribution in [0.4, 0.5) is 8.78 Å². The lowest BCUT2D eigenvalue weighted by Crippen LogP contribution is -2.11. The number of hydrogen-bond acceptors (Lipinski definition) is 6. The molecule has 27 heavy (non-hydrogen) atoms. The summed E-state index contributed by atoms with van der Waals surface area (Å²) in [4.78, 5) is -0.397. The van der Waals surface area contributed by atoms with E-state index >= 15 is 0 Å². The molecule has 3 rings (SSSR count). The molecule has 1 aromatic heterocycles. The van der Waals surface area contributed by atoms with Gasteiger partial charge < -0.3 is 0 Å². The highest BCUT2D eigenvalue weighted by Gasteiger charge is 2.26. The number of para-hydroxylation sites is 1. The molecule has 0 saturated heterocycles. The largest absolute Gasteiger partial charge is 0.341 e. The van der Waals surface area contributed by atoms with Crippen molar-refractivity contribution in [2.45, 2.75) is 35.4 Å². The van der Waals surface area contributed by atoms with E-state index in [1.54, 1.807) is 4.68 Å². The number of thioether (sulfide) groups is 1. The highest BCUT2D eigenvalue weighted by atomic mass is 32.2. The minimum absolute atomic E-state index is 0.397. The van der Waals surface area contributed by atoms with E-state index in [4.69, 9.17) is 0 Å². The van der Waals surface area contributed by atoms with Crippen LogP contribution in [0.3, 0.4) is 0 Å². The molecule has 0 fully saturated rings. The number of sulfone groups is 1. The van der Waals surface area contributed by atoms with Gasteiger partial charge in [-0.3, -0.25) is 0 Å². The Morgan fingerprint density at radius 3 is 2.30 bits per heavy atom. The summed E-state index contributed by atoms with van der Waals surface area (Å²) in [6.45, 7) is 3.95. The van der Waals surface area contributed by atoms with Crippen molar-refractivity contribution < 1.29 is 17.2 Å². The number of alkyl halides is 2. The Kier molecular flexibility index (Phi) is 5.56. The molecule has 0 amide bonds. The van der Waals surface area contributed by atoms with Gasteiger partial charge in [0.1, 0.15) is 0 Å². The van der Waals surface area contributed by atoms with E-state index in [0.29, 0.717) is 10.9 Å². The first-order valence-corrected chi connectivity index (χ1v) is 10.4. The molecule has 1 heterocycles. The molecule has 0 aliphatic rings. The Morgan fingerprint density at radius 2 is 1.70 bits per heavy atom. The molecule has 0 aliphatic heterocycles. The summed E-state index contributed by atoms with van der Waals surface area (Å²) >= 11 is 1.37. The monoisotopic (exact) mass is 410 g/mol. The predicted octanol–water partition coefficient (Wildman–Crippen LogP) is 3.57. The van der Waals surface area contributed by atoms with E-state index in [1.807, 2.05) is 32.0 Å². The molecule has 0 radical (unpaired) electrons. The Hall–Kier alpha value is -2.33. The van der Waals surface area contributed by atoms with Gasteiger partial charge in [-0.05, 0) is 53.1 Å². The number of rotatable bonds is 6. The number of aromatic nitrogens is 4. The average Bonchev–Trinajstić information content (AvgIpc) is 3.08. The predicted molar refractivity (Wildman–Crippen MR) is 97.8 cm³/mol. The van der Waals surface area contributed by atoms with Crippen LogP contribution >= 0.6 is 11.8 Å². The molecule has 0 N–H and O–H groups in total. The Morgan fingerprint density at radius 1 is 1.07 bits per heavy atom. The van der Waals surface area contributed by atoms with Crippen LogP contribution in [0.15, 0.2) is 52.5 Å². The van der Waals surface area contributed by atoms with Gasteiger partial charge in [0.05, 0.1) is 10.6 Å². The fourth-order valence-corrected chi connectivity index (χ4v) is 4.13. The first-order valence-electron chi connectivity index (χ1n) is 7.89. The summed E-state index contributed by atoms with van der Waals surface area (Å²) in [5, 5.41) is 12.4. The van der Waals surface area contributed by atoms with E-state index in [2.05, 4.69) is 15.5 Å². The highest BCUT2D eigenvalue weighted by molar-refractivity contribution is 7.98. The highest BCUT2D eigenvalue weighted by Crippen LogP contribution is 2.26. The quantitative estimate of drug-likeness (QED) is 0.578. The number of benzene rings is 2. The van der Waals surface area contributed by atoms with Crippen LogP contribution in [-0.4, -0.2) is 34.4 Å². The first-order chi connectivity index (χ1) is 12.8. The van der Waals surface area contributed by atoms with Crippen molar-refractivity contribution in [3.63, 3.8) is 0 Å². The molecule has 3 aromatic rings. The zero-order valence-corrected chi connectivity index (χ0v) is 16.1. The van der Waals surface area contributed by atoms with Gasteiger partial charge in [0.15, 0.2) is 0 Å². The molecule has 0 aliphatic carbocycles. The van der Waals surface area contributed by atoms with Gasteiger partial charge >= 0.3 is 5.76 Å². The van der Waals surface area contributed by atoms with E-state index in [0.717, 1.165) is 22.4 Å². The summed E-state index contributed by atoms with van der Waals surface area (Å²) in [5.74, 6) is -2.97. The number of nitrogens with zero attached hydrogens (tertiary/aromatic N) is 4. The van der Waals surface area contributed by atoms with Crippen LogP contribution in [0.25, 0.3) is 5.69 Å². The van der Waals surface area contributed by atoms with Crippen LogP contribution in [0, 0.1) is 13.8 Å². The van der Waals surface area contributed by atoms with Gasteiger partial charge in [-0.15, -0.1) is 5.10 Å². The van der Waals surface area contributed by atoms with E-state index in [-0.39, 0.29) is 0 Å². The van der Waals surface area contributed by atoms with Crippen molar-refractivity contribution in [3.05, 3.63) is 59.2 Å². The van der Waals surface area contributed by atoms with E-state index in [1.165, 1.54) is 36.0 Å². The van der Waals surface area contributed by atoms with Crippen LogP contribution in [0.2, 0.25) is 0 Å². The minimum Gasteiger partial charge on any atom is -0.218 e. The fourth-order valence-electron chi connectivity index (χ4n) is 2.58. The number of hydrogen-bond donors (Lipinski definition) is 0. The Bertz CT molecular complexity index is 1030. The number of tetrazole rings is 1. The third-order valence-electron chi connectivity index (χ3n) is 3.95. The molecule has 6 nitrogen and oxygen atoms in total. The van der Waals surface area contributed by atoms with Crippen molar-refractivity contribution in [3.8, 4) is 5.69 Å². The number of halogens is 2. The Labute approximate surface area is 159 Å². The zero-order chi connectivity index (χ0) is 19.6. The lowest BCUT2D eigenvalue weighted by Gasteiger charge is -2.10. The molecule has 10 heteroatoms. The normalized spacial score (nSPS) is 11.9. The van der Waals surface area contributed by atoms with Crippen LogP contribution in [-0.2, 0) is 15.6 Å². The molecule has 0 unspecified atom stereocenters. The zero-order valence-electron chi connectivity index (χ0n) is 14.5. The van der Waals surface area contributed by atoms with Crippen molar-refractivity contribution >= 4 is 21.6 Å². The topological polar surface area (TPSA) is 77.7 Å². The second-order valence-corrected chi connectivity index (χ2v) is 8.71. The SMILES string of the molecule is Cc1cccc(C)c1-n1nnnc1SCc1ccc(S(=O)(=O)C(F)F)cc1. The maximum atomic E-state index is 12.6. The molecule has 2 aromatic carbocycles. The summed E-state index contributed by atoms with van der Waals surface area (Å²) in [6.07, 6.45) is 0. The maximum absolute atomic E-state index is 12.6. The minimum atomic E-state index is -4.58. The second kappa shape index (κ2) is 7.73. The van der Waals surface area contributed by atoms with Crippen molar-refractivity contribution in [1.29, 1.82) is 0 Å². The van der Waals surface area contributed by atoms with E-state index < -0.39 is 20.5 Å². The lowest BCUT2D eigenvalue weighted by atomic mass is 10.1. The Balaban J connectivity index is 1.79. The average molecular weight is 410 g/mol. The van der Waals surface area contributed by atoms with Crippen molar-refractivity contribution in [1.82, 2.24) is 20.2 Å². The third kappa shape index (κ3) is 4.01. The van der Waals surface area contributed by atoms with Crippen LogP contribution in [0.1, 0.15) is 16.7 Å². The van der Waals surface area contributed by atoms with Gasteiger partial charge in [-0.2, -0.15) is 13.5 Å². The van der Waals surface area contributed by atoms with Gasteiger partial charge in [0, 0.05) is 5.75 Å². The lowest BCUT2D eigenvalue weighted by molar-refractivity contribution is 0.234. The smallest absolute Gasteiger partial charge is 0.218 e. The molecular formula is C17H16F2N4O2S2. The first kappa shape index (κ1) is 19.4. The van der Waals surface area contributed by atoms with Crippen LogP contribution < -0.4 is 0 Å². The second-order valence-electron chi connectivity index (χ2n) is 5.85. The van der Waals surface area contributed by atoms with Gasteiger partial charge in [-0.25, -0.2) is 8.42 Å². The van der Waals surface area contributed by atoms with Gasteiger partial charge in [0.25, 0.3) is 0 Å². The summed E-state index contributed by atoms with van der Waals surface area (Å²) in [7, 11) is -4.58. The van der Waals surface area contributed by atoms with Crippen LogP contribution in [0.5, 0.6) is 0 Å². The maximum Gasteiger partial charge on any atom is 0.341 e.